The van der Waals surface area contributed by atoms with E-state index in [1.54, 1.807) is 5.01 Å². The van der Waals surface area contributed by atoms with Gasteiger partial charge < -0.3 is 0 Å². The minimum atomic E-state index is -0.252. The average molecular weight is 551 g/mol. The molecule has 0 bridgehead atoms. The third-order valence-electron chi connectivity index (χ3n) is 6.33. The molecule has 1 heterocycles. The minimum absolute atomic E-state index is 0.0121. The van der Waals surface area contributed by atoms with Crippen LogP contribution in [0, 0.1) is 11.8 Å². The molecular formula is C29H38N6O3S. The number of nitrogens with zero attached hydrogens (tertiary/aromatic N) is 4. The molecule has 0 fully saturated rings. The van der Waals surface area contributed by atoms with Gasteiger partial charge in [-0.15, -0.1) is 5.10 Å². The van der Waals surface area contributed by atoms with Gasteiger partial charge in [-0.3, -0.25) is 19.4 Å². The molecule has 2 N–H and O–H groups in total. The van der Waals surface area contributed by atoms with Crippen molar-refractivity contribution in [3.8, 4) is 22.5 Å². The molecule has 0 aliphatic heterocycles. The van der Waals surface area contributed by atoms with Gasteiger partial charge in [-0.25, -0.2) is 10.5 Å². The Morgan fingerprint density at radius 2 is 1.79 bits per heavy atom. The molecule has 2 aromatic carbocycles. The van der Waals surface area contributed by atoms with Crippen LogP contribution in [-0.2, 0) is 16.1 Å². The molecule has 0 radical (unpaired) electrons. The Balaban J connectivity index is 1.87. The van der Waals surface area contributed by atoms with Crippen molar-refractivity contribution >= 4 is 28.6 Å². The van der Waals surface area contributed by atoms with Gasteiger partial charge in [0.25, 0.3) is 0 Å². The molecule has 0 aliphatic rings. The number of carbonyl (C=O) groups excluding carboxylic acids is 3. The summed E-state index contributed by atoms with van der Waals surface area (Å²) < 4.78 is 0. The number of benzene rings is 2. The van der Waals surface area contributed by atoms with Gasteiger partial charge in [0.1, 0.15) is 0 Å². The van der Waals surface area contributed by atoms with E-state index in [1.807, 2.05) is 56.3 Å². The first-order chi connectivity index (χ1) is 18.7. The van der Waals surface area contributed by atoms with Gasteiger partial charge in [-0.1, -0.05) is 68.9 Å². The molecule has 1 unspecified atom stereocenters. The predicted octanol–water partition coefficient (Wildman–Crippen LogP) is 5.31. The molecule has 0 spiro atoms. The molecule has 208 valence electrons. The first-order valence-corrected chi connectivity index (χ1v) is 14.4. The molecule has 1 aromatic heterocycles. The minimum Gasteiger partial charge on any atom is -0.294 e. The summed E-state index contributed by atoms with van der Waals surface area (Å²) in [4.78, 5) is 38.1. The van der Waals surface area contributed by atoms with Crippen molar-refractivity contribution in [2.75, 3.05) is 12.3 Å². The lowest BCUT2D eigenvalue weighted by atomic mass is 9.90. The van der Waals surface area contributed by atoms with Crippen molar-refractivity contribution in [3.05, 3.63) is 53.6 Å². The van der Waals surface area contributed by atoms with Crippen molar-refractivity contribution in [1.82, 2.24) is 31.1 Å². The van der Waals surface area contributed by atoms with Crippen LogP contribution in [0.1, 0.15) is 69.8 Å². The third-order valence-corrected chi connectivity index (χ3v) is 7.30. The number of aromatic amines is 1. The summed E-state index contributed by atoms with van der Waals surface area (Å²) in [7, 11) is 0. The molecule has 3 aromatic rings. The molecule has 9 nitrogen and oxygen atoms in total. The average Bonchev–Trinajstić information content (AvgIpc) is 3.46. The van der Waals surface area contributed by atoms with E-state index in [0.29, 0.717) is 49.0 Å². The summed E-state index contributed by atoms with van der Waals surface area (Å²) in [5.74, 6) is 1.11. The van der Waals surface area contributed by atoms with E-state index in [9.17, 15) is 14.4 Å². The topological polar surface area (TPSA) is 121 Å². The number of rotatable bonds is 14. The number of Topliss-reactive ketones (excluding diaryl/α,β-unsaturated/α-hetero) is 1. The number of tetrazole rings is 1. The zero-order valence-corrected chi connectivity index (χ0v) is 24.2. The molecular weight excluding hydrogens is 512 g/mol. The second kappa shape index (κ2) is 14.7. The summed E-state index contributed by atoms with van der Waals surface area (Å²) in [6, 6.07) is 13.5. The number of hydrazine groups is 1. The highest BCUT2D eigenvalue weighted by Crippen LogP contribution is 2.33. The van der Waals surface area contributed by atoms with Crippen LogP contribution in [0.2, 0.25) is 0 Å². The Labute approximate surface area is 234 Å². The third kappa shape index (κ3) is 8.31. The van der Waals surface area contributed by atoms with Crippen LogP contribution in [-0.4, -0.2) is 54.7 Å². The smallest absolute Gasteiger partial charge is 0.240 e. The fourth-order valence-electron chi connectivity index (χ4n) is 4.51. The van der Waals surface area contributed by atoms with E-state index >= 15 is 0 Å². The Bertz CT molecular complexity index is 1260. The van der Waals surface area contributed by atoms with E-state index in [2.05, 4.69) is 39.9 Å². The van der Waals surface area contributed by atoms with E-state index < -0.39 is 0 Å². The predicted molar refractivity (Wildman–Crippen MR) is 155 cm³/mol. The summed E-state index contributed by atoms with van der Waals surface area (Å²) >= 11 is 1.20. The number of hydrogen-bond acceptors (Lipinski definition) is 8. The quantitative estimate of drug-likeness (QED) is 0.205. The van der Waals surface area contributed by atoms with Crippen LogP contribution in [0.3, 0.4) is 0 Å². The van der Waals surface area contributed by atoms with E-state index in [-0.39, 0.29) is 22.7 Å². The number of H-pyrrole nitrogens is 1. The first kappa shape index (κ1) is 30.2. The van der Waals surface area contributed by atoms with Gasteiger partial charge >= 0.3 is 0 Å². The lowest BCUT2D eigenvalue weighted by molar-refractivity contribution is -0.138. The van der Waals surface area contributed by atoms with E-state index in [0.717, 1.165) is 28.7 Å². The number of amides is 1. The van der Waals surface area contributed by atoms with Gasteiger partial charge in [0.05, 0.1) is 0 Å². The number of hydrogen-bond donors (Lipinski definition) is 2. The zero-order valence-electron chi connectivity index (χ0n) is 23.4. The molecule has 0 saturated carbocycles. The summed E-state index contributed by atoms with van der Waals surface area (Å²) in [5.41, 5.74) is 7.26. The SMILES string of the molecule is CCCC(=O)c1cc(CNN(CC)C(=O)C(CSC(C)=O)CC(C)C)ccc1-c1ccccc1-c1nnn[nH]1. The number of ketones is 1. The van der Waals surface area contributed by atoms with Crippen molar-refractivity contribution in [3.63, 3.8) is 0 Å². The lowest BCUT2D eigenvalue weighted by Gasteiger charge is -2.27. The fourth-order valence-corrected chi connectivity index (χ4v) is 5.22. The maximum atomic E-state index is 13.4. The van der Waals surface area contributed by atoms with Crippen LogP contribution in [0.15, 0.2) is 42.5 Å². The fraction of sp³-hybridized carbons (Fsp3) is 0.448. The van der Waals surface area contributed by atoms with E-state index in [1.165, 1.54) is 18.7 Å². The van der Waals surface area contributed by atoms with Gasteiger partial charge in [0.15, 0.2) is 16.7 Å². The van der Waals surface area contributed by atoms with Crippen LogP contribution < -0.4 is 5.43 Å². The molecule has 3 rings (SSSR count). The van der Waals surface area contributed by atoms with Gasteiger partial charge in [0.2, 0.25) is 5.91 Å². The normalized spacial score (nSPS) is 11.9. The highest BCUT2D eigenvalue weighted by molar-refractivity contribution is 8.13. The van der Waals surface area contributed by atoms with Gasteiger partial charge in [-0.2, -0.15) is 0 Å². The Kier molecular flexibility index (Phi) is 11.4. The van der Waals surface area contributed by atoms with Crippen molar-refractivity contribution in [1.29, 1.82) is 0 Å². The molecule has 1 amide bonds. The number of carbonyl (C=O) groups is 3. The van der Waals surface area contributed by atoms with Crippen molar-refractivity contribution in [2.45, 2.75) is 60.4 Å². The Hall–Kier alpha value is -3.37. The monoisotopic (exact) mass is 550 g/mol. The maximum absolute atomic E-state index is 13.4. The number of nitrogens with one attached hydrogen (secondary N) is 2. The van der Waals surface area contributed by atoms with Crippen LogP contribution in [0.25, 0.3) is 22.5 Å². The summed E-state index contributed by atoms with van der Waals surface area (Å²) in [5, 5.41) is 15.9. The summed E-state index contributed by atoms with van der Waals surface area (Å²) in [6.45, 7) is 10.5. The largest absolute Gasteiger partial charge is 0.294 e. The second-order valence-electron chi connectivity index (χ2n) is 9.89. The molecule has 0 saturated heterocycles. The van der Waals surface area contributed by atoms with Crippen molar-refractivity contribution in [2.24, 2.45) is 11.8 Å². The van der Waals surface area contributed by atoms with Crippen molar-refractivity contribution < 1.29 is 14.4 Å². The van der Waals surface area contributed by atoms with Crippen LogP contribution in [0.5, 0.6) is 0 Å². The van der Waals surface area contributed by atoms with Gasteiger partial charge in [0, 0.05) is 49.2 Å². The molecule has 0 aliphatic carbocycles. The van der Waals surface area contributed by atoms with Crippen LogP contribution in [0.4, 0.5) is 0 Å². The van der Waals surface area contributed by atoms with Gasteiger partial charge in [-0.05, 0) is 58.9 Å². The maximum Gasteiger partial charge on any atom is 0.240 e. The number of thioether (sulfide) groups is 1. The zero-order chi connectivity index (χ0) is 28.4. The first-order valence-electron chi connectivity index (χ1n) is 13.4. The molecule has 1 atom stereocenters. The molecule has 10 heteroatoms. The highest BCUT2D eigenvalue weighted by atomic mass is 32.2. The Morgan fingerprint density at radius 3 is 2.41 bits per heavy atom. The number of aromatic nitrogens is 4. The standard InChI is InChI=1S/C29H38N6O3S/c1-6-10-27(37)26-16-21(13-14-24(26)23-11-8-9-12-25(23)28-31-33-34-32-28)17-30-35(7-2)29(38)22(15-19(3)4)18-39-20(5)36/h8-9,11-14,16,19,22,30H,6-7,10,15,17-18H2,1-5H3,(H,31,32,33,34). The Morgan fingerprint density at radius 1 is 1.05 bits per heavy atom. The second-order valence-corrected chi connectivity index (χ2v) is 11.1. The van der Waals surface area contributed by atoms with E-state index in [4.69, 9.17) is 0 Å². The summed E-state index contributed by atoms with van der Waals surface area (Å²) in [6.07, 6.45) is 1.88. The van der Waals surface area contributed by atoms with Crippen LogP contribution >= 0.6 is 11.8 Å². The highest BCUT2D eigenvalue weighted by Gasteiger charge is 2.25. The molecule has 39 heavy (non-hydrogen) atoms. The lowest BCUT2D eigenvalue weighted by Crippen LogP contribution is -2.46.